The first kappa shape index (κ1) is 11.5. The monoisotopic (exact) mass is 209 g/mol. The lowest BCUT2D eigenvalue weighted by Gasteiger charge is -2.12. The number of aryl methyl sites for hydroxylation is 1. The van der Waals surface area contributed by atoms with Crippen LogP contribution < -0.4 is 5.32 Å². The van der Waals surface area contributed by atoms with Gasteiger partial charge in [0.15, 0.2) is 0 Å². The Morgan fingerprint density at radius 2 is 2.50 bits per heavy atom. The van der Waals surface area contributed by atoms with Gasteiger partial charge in [-0.3, -0.25) is 0 Å². The molecule has 1 unspecified atom stereocenters. The normalized spacial score (nSPS) is 12.6. The molecule has 1 aromatic rings. The van der Waals surface area contributed by atoms with Crippen LogP contribution in [0.4, 0.5) is 0 Å². The van der Waals surface area contributed by atoms with Crippen LogP contribution in [0.2, 0.25) is 0 Å². The zero-order valence-electron chi connectivity index (χ0n) is 8.83. The largest absolute Gasteiger partial charge is 0.317 e. The van der Waals surface area contributed by atoms with E-state index in [0.29, 0.717) is 6.04 Å². The predicted molar refractivity (Wildman–Crippen MR) is 64.9 cm³/mol. The number of rotatable bonds is 7. The van der Waals surface area contributed by atoms with E-state index in [1.54, 1.807) is 0 Å². The van der Waals surface area contributed by atoms with Crippen molar-refractivity contribution in [2.75, 3.05) is 7.05 Å². The van der Waals surface area contributed by atoms with Crippen molar-refractivity contribution in [3.05, 3.63) is 35.0 Å². The van der Waals surface area contributed by atoms with E-state index < -0.39 is 0 Å². The Bertz CT molecular complexity index is 241. The smallest absolute Gasteiger partial charge is 0.00985 e. The van der Waals surface area contributed by atoms with Gasteiger partial charge in [-0.05, 0) is 44.2 Å². The van der Waals surface area contributed by atoms with Crippen molar-refractivity contribution in [2.45, 2.75) is 31.7 Å². The quantitative estimate of drug-likeness (QED) is 0.680. The Balaban J connectivity index is 2.16. The van der Waals surface area contributed by atoms with Gasteiger partial charge in [-0.1, -0.05) is 12.1 Å². The Hall–Kier alpha value is -0.600. The fourth-order valence-corrected chi connectivity index (χ4v) is 2.31. The molecule has 2 heteroatoms. The maximum atomic E-state index is 3.77. The summed E-state index contributed by atoms with van der Waals surface area (Å²) >= 11 is 1.85. The summed E-state index contributed by atoms with van der Waals surface area (Å²) < 4.78 is 0. The molecular weight excluding hydrogens is 190 g/mol. The fraction of sp³-hybridized carbons (Fsp3) is 0.500. The molecule has 1 N–H and O–H groups in total. The minimum absolute atomic E-state index is 0.604. The molecular formula is C12H19NS. The van der Waals surface area contributed by atoms with Gasteiger partial charge in [-0.2, -0.15) is 0 Å². The molecule has 0 aromatic carbocycles. The third-order valence-corrected chi connectivity index (χ3v) is 3.35. The molecule has 0 spiro atoms. The molecule has 1 heterocycles. The lowest BCUT2D eigenvalue weighted by molar-refractivity contribution is 0.510. The van der Waals surface area contributed by atoms with Gasteiger partial charge >= 0.3 is 0 Å². The Morgan fingerprint density at radius 1 is 1.64 bits per heavy atom. The second-order valence-corrected chi connectivity index (χ2v) is 4.51. The maximum absolute atomic E-state index is 3.77. The van der Waals surface area contributed by atoms with Crippen LogP contribution in [0.15, 0.2) is 30.2 Å². The van der Waals surface area contributed by atoms with Crippen molar-refractivity contribution in [2.24, 2.45) is 0 Å². The topological polar surface area (TPSA) is 12.0 Å². The van der Waals surface area contributed by atoms with E-state index in [9.17, 15) is 0 Å². The van der Waals surface area contributed by atoms with Crippen molar-refractivity contribution in [3.63, 3.8) is 0 Å². The molecule has 1 nitrogen and oxygen atoms in total. The molecule has 0 aliphatic heterocycles. The molecule has 0 bridgehead atoms. The zero-order chi connectivity index (χ0) is 10.2. The second kappa shape index (κ2) is 6.80. The molecule has 1 atom stereocenters. The highest BCUT2D eigenvalue weighted by Gasteiger charge is 2.03. The molecule has 78 valence electrons. The standard InChI is InChI=1S/C12H19NS/c1-3-6-11(13-2)7-4-8-12-9-5-10-14-12/h3,5,9-11,13H,1,4,6-8H2,2H3. The third-order valence-electron chi connectivity index (χ3n) is 2.42. The van der Waals surface area contributed by atoms with Gasteiger partial charge in [-0.25, -0.2) is 0 Å². The Labute approximate surface area is 90.9 Å². The van der Waals surface area contributed by atoms with Crippen molar-refractivity contribution in [3.8, 4) is 0 Å². The van der Waals surface area contributed by atoms with Crippen LogP contribution >= 0.6 is 11.3 Å². The van der Waals surface area contributed by atoms with Crippen LogP contribution in [0, 0.1) is 0 Å². The Kier molecular flexibility index (Phi) is 5.57. The maximum Gasteiger partial charge on any atom is 0.00985 e. The van der Waals surface area contributed by atoms with Gasteiger partial charge in [0.2, 0.25) is 0 Å². The summed E-state index contributed by atoms with van der Waals surface area (Å²) in [6.07, 6.45) is 6.78. The number of nitrogens with one attached hydrogen (secondary N) is 1. The lowest BCUT2D eigenvalue weighted by Crippen LogP contribution is -2.24. The zero-order valence-corrected chi connectivity index (χ0v) is 9.65. The van der Waals surface area contributed by atoms with Gasteiger partial charge in [0.05, 0.1) is 0 Å². The van der Waals surface area contributed by atoms with E-state index in [4.69, 9.17) is 0 Å². The molecule has 0 aliphatic carbocycles. The van der Waals surface area contributed by atoms with Crippen molar-refractivity contribution in [1.29, 1.82) is 0 Å². The van der Waals surface area contributed by atoms with Crippen molar-refractivity contribution >= 4 is 11.3 Å². The van der Waals surface area contributed by atoms with Gasteiger partial charge in [-0.15, -0.1) is 17.9 Å². The molecule has 0 amide bonds. The summed E-state index contributed by atoms with van der Waals surface area (Å²) in [5.41, 5.74) is 0. The Morgan fingerprint density at radius 3 is 3.07 bits per heavy atom. The highest BCUT2D eigenvalue weighted by Crippen LogP contribution is 2.13. The van der Waals surface area contributed by atoms with Crippen LogP contribution in [0.3, 0.4) is 0 Å². The van der Waals surface area contributed by atoms with Gasteiger partial charge < -0.3 is 5.32 Å². The van der Waals surface area contributed by atoms with E-state index in [1.165, 1.54) is 24.1 Å². The van der Waals surface area contributed by atoms with Crippen LogP contribution in [-0.2, 0) is 6.42 Å². The van der Waals surface area contributed by atoms with Crippen molar-refractivity contribution < 1.29 is 0 Å². The molecule has 0 radical (unpaired) electrons. The van der Waals surface area contributed by atoms with Gasteiger partial charge in [0, 0.05) is 10.9 Å². The first-order valence-electron chi connectivity index (χ1n) is 5.17. The van der Waals surface area contributed by atoms with Crippen molar-refractivity contribution in [1.82, 2.24) is 5.32 Å². The fourth-order valence-electron chi connectivity index (χ4n) is 1.56. The second-order valence-electron chi connectivity index (χ2n) is 3.48. The molecule has 14 heavy (non-hydrogen) atoms. The summed E-state index contributed by atoms with van der Waals surface area (Å²) in [6, 6.07) is 4.94. The minimum Gasteiger partial charge on any atom is -0.317 e. The molecule has 0 saturated carbocycles. The van der Waals surface area contributed by atoms with E-state index >= 15 is 0 Å². The SMILES string of the molecule is C=CCC(CCCc1cccs1)NC. The third kappa shape index (κ3) is 4.07. The average Bonchev–Trinajstić information content (AvgIpc) is 2.69. The minimum atomic E-state index is 0.604. The highest BCUT2D eigenvalue weighted by atomic mass is 32.1. The molecule has 1 rings (SSSR count). The van der Waals surface area contributed by atoms with E-state index in [-0.39, 0.29) is 0 Å². The van der Waals surface area contributed by atoms with Crippen LogP contribution in [0.25, 0.3) is 0 Å². The highest BCUT2D eigenvalue weighted by molar-refractivity contribution is 7.09. The van der Waals surface area contributed by atoms with E-state index in [1.807, 2.05) is 24.5 Å². The number of hydrogen-bond acceptors (Lipinski definition) is 2. The molecule has 0 aliphatic rings. The predicted octanol–water partition coefficient (Wildman–Crippen LogP) is 3.23. The number of thiophene rings is 1. The summed E-state index contributed by atoms with van der Waals surface area (Å²) in [5, 5.41) is 5.46. The lowest BCUT2D eigenvalue weighted by atomic mass is 10.1. The van der Waals surface area contributed by atoms with Gasteiger partial charge in [0.25, 0.3) is 0 Å². The molecule has 1 aromatic heterocycles. The first-order valence-corrected chi connectivity index (χ1v) is 6.05. The summed E-state index contributed by atoms with van der Waals surface area (Å²) in [6.45, 7) is 3.77. The van der Waals surface area contributed by atoms with Crippen LogP contribution in [0.1, 0.15) is 24.1 Å². The summed E-state index contributed by atoms with van der Waals surface area (Å²) in [4.78, 5) is 1.50. The van der Waals surface area contributed by atoms with Gasteiger partial charge in [0.1, 0.15) is 0 Å². The molecule has 0 fully saturated rings. The first-order chi connectivity index (χ1) is 6.86. The number of hydrogen-bond donors (Lipinski definition) is 1. The van der Waals surface area contributed by atoms with E-state index in [0.717, 1.165) is 6.42 Å². The van der Waals surface area contributed by atoms with Crippen LogP contribution in [0.5, 0.6) is 0 Å². The molecule has 0 saturated heterocycles. The average molecular weight is 209 g/mol. The summed E-state index contributed by atoms with van der Waals surface area (Å²) in [7, 11) is 2.03. The summed E-state index contributed by atoms with van der Waals surface area (Å²) in [5.74, 6) is 0. The van der Waals surface area contributed by atoms with E-state index in [2.05, 4.69) is 29.4 Å². The van der Waals surface area contributed by atoms with Crippen LogP contribution in [-0.4, -0.2) is 13.1 Å².